The number of carboxylic acids is 1. The summed E-state index contributed by atoms with van der Waals surface area (Å²) in [5.41, 5.74) is 3.24. The van der Waals surface area contributed by atoms with E-state index in [-0.39, 0.29) is 5.25 Å². The minimum atomic E-state index is -1.29. The summed E-state index contributed by atoms with van der Waals surface area (Å²) < 4.78 is -1.29. The number of aliphatic carboxylic acids is 1. The topological polar surface area (TPSA) is 37.3 Å². The van der Waals surface area contributed by atoms with E-state index >= 15 is 0 Å². The van der Waals surface area contributed by atoms with Crippen LogP contribution < -0.4 is 0 Å². The Kier molecular flexibility index (Phi) is 9.64. The monoisotopic (exact) mass is 510 g/mol. The van der Waals surface area contributed by atoms with Crippen molar-refractivity contribution in [3.63, 3.8) is 0 Å². The van der Waals surface area contributed by atoms with Gasteiger partial charge in [-0.3, -0.25) is 0 Å². The summed E-state index contributed by atoms with van der Waals surface area (Å²) >= 11 is 13.8. The van der Waals surface area contributed by atoms with Gasteiger partial charge >= 0.3 is 5.97 Å². The summed E-state index contributed by atoms with van der Waals surface area (Å²) in [7, 11) is 0. The molecule has 0 saturated heterocycles. The van der Waals surface area contributed by atoms with Crippen LogP contribution in [0.3, 0.4) is 0 Å². The molecule has 0 spiro atoms. The Balaban J connectivity index is 1.98. The van der Waals surface area contributed by atoms with Crippen molar-refractivity contribution < 1.29 is 9.90 Å². The molecule has 2 unspecified atom stereocenters. The van der Waals surface area contributed by atoms with Gasteiger partial charge in [0.15, 0.2) is 4.08 Å². The average Bonchev–Trinajstić information content (AvgIpc) is 2.85. The number of benzene rings is 3. The molecule has 0 aliphatic rings. The predicted octanol–water partition coefficient (Wildman–Crippen LogP) is 7.55. The number of rotatable bonds is 12. The zero-order chi connectivity index (χ0) is 24.6. The van der Waals surface area contributed by atoms with Crippen molar-refractivity contribution in [1.29, 1.82) is 0 Å². The summed E-state index contributed by atoms with van der Waals surface area (Å²) in [4.78, 5) is 11.4. The molecule has 3 rings (SSSR count). The number of carboxylic acid groups (broad SMARTS) is 1. The maximum Gasteiger partial charge on any atom is 0.329 e. The van der Waals surface area contributed by atoms with Crippen LogP contribution >= 0.6 is 37.9 Å². The first-order chi connectivity index (χ1) is 16.3. The van der Waals surface area contributed by atoms with Crippen LogP contribution in [0.5, 0.6) is 0 Å². The molecule has 0 heterocycles. The highest BCUT2D eigenvalue weighted by atomic mass is 32.2. The van der Waals surface area contributed by atoms with Gasteiger partial charge in [-0.15, -0.1) is 0 Å². The lowest BCUT2D eigenvalue weighted by molar-refractivity contribution is -0.137. The second-order valence-electron chi connectivity index (χ2n) is 8.95. The van der Waals surface area contributed by atoms with Crippen molar-refractivity contribution in [1.82, 2.24) is 0 Å². The standard InChI is InChI=1S/C29H34O2S3/c1-2-22(13-12-20-28(33,34)27(30)31)21-26(32)29(23-14-6-3-7-15-23,24-16-8-4-9-17-24)25-18-10-5-11-19-25/h3-11,14-19,22,26,32-34H,2,12-13,20-21H2,1H3,(H,30,31). The molecule has 1 N–H and O–H groups in total. The van der Waals surface area contributed by atoms with Crippen LogP contribution in [0, 0.1) is 5.92 Å². The Morgan fingerprint density at radius 1 is 0.824 bits per heavy atom. The molecule has 3 aromatic rings. The molecule has 0 fully saturated rings. The molecule has 0 radical (unpaired) electrons. The molecule has 0 aliphatic carbocycles. The van der Waals surface area contributed by atoms with Gasteiger partial charge in [0.2, 0.25) is 0 Å². The Morgan fingerprint density at radius 3 is 1.59 bits per heavy atom. The molecule has 0 aromatic heterocycles. The van der Waals surface area contributed by atoms with Gasteiger partial charge in [0, 0.05) is 5.25 Å². The van der Waals surface area contributed by atoms with Crippen molar-refractivity contribution in [2.45, 2.75) is 53.8 Å². The fourth-order valence-corrected chi connectivity index (χ4v) is 5.97. The summed E-state index contributed by atoms with van der Waals surface area (Å²) in [6.45, 7) is 2.20. The average molecular weight is 511 g/mol. The first-order valence-corrected chi connectivity index (χ1v) is 13.3. The third kappa shape index (κ3) is 6.05. The number of hydrogen-bond acceptors (Lipinski definition) is 4. The van der Waals surface area contributed by atoms with E-state index in [0.29, 0.717) is 12.3 Å². The van der Waals surface area contributed by atoms with E-state index in [1.807, 2.05) is 0 Å². The van der Waals surface area contributed by atoms with Crippen molar-refractivity contribution >= 4 is 43.9 Å². The van der Waals surface area contributed by atoms with Gasteiger partial charge in [0.05, 0.1) is 5.41 Å². The van der Waals surface area contributed by atoms with Gasteiger partial charge in [0.1, 0.15) is 0 Å². The number of thiol groups is 3. The summed E-state index contributed by atoms with van der Waals surface area (Å²) in [6.07, 6.45) is 4.00. The molecule has 0 saturated carbocycles. The zero-order valence-electron chi connectivity index (χ0n) is 19.5. The molecule has 0 bridgehead atoms. The Morgan fingerprint density at radius 2 is 1.24 bits per heavy atom. The van der Waals surface area contributed by atoms with Crippen LogP contribution in [-0.2, 0) is 10.2 Å². The molecule has 180 valence electrons. The minimum Gasteiger partial charge on any atom is -0.480 e. The summed E-state index contributed by atoms with van der Waals surface area (Å²) in [5, 5.41) is 9.34. The normalized spacial score (nSPS) is 13.9. The van der Waals surface area contributed by atoms with E-state index in [1.54, 1.807) is 0 Å². The van der Waals surface area contributed by atoms with Crippen molar-refractivity contribution in [3.05, 3.63) is 108 Å². The molecular weight excluding hydrogens is 477 g/mol. The van der Waals surface area contributed by atoms with Crippen molar-refractivity contribution in [3.8, 4) is 0 Å². The van der Waals surface area contributed by atoms with E-state index in [4.69, 9.17) is 12.6 Å². The van der Waals surface area contributed by atoms with E-state index in [9.17, 15) is 9.90 Å². The van der Waals surface area contributed by atoms with Gasteiger partial charge in [-0.1, -0.05) is 117 Å². The first-order valence-electron chi connectivity index (χ1n) is 11.8. The molecular formula is C29H34O2S3. The quantitative estimate of drug-likeness (QED) is 0.115. The fourth-order valence-electron chi connectivity index (χ4n) is 4.91. The van der Waals surface area contributed by atoms with Gasteiger partial charge in [-0.05, 0) is 35.4 Å². The highest BCUT2D eigenvalue weighted by Gasteiger charge is 2.42. The maximum atomic E-state index is 11.4. The van der Waals surface area contributed by atoms with Crippen LogP contribution in [0.15, 0.2) is 91.0 Å². The second-order valence-corrected chi connectivity index (χ2v) is 11.4. The van der Waals surface area contributed by atoms with Crippen molar-refractivity contribution in [2.24, 2.45) is 5.92 Å². The molecule has 5 heteroatoms. The zero-order valence-corrected chi connectivity index (χ0v) is 22.2. The lowest BCUT2D eigenvalue weighted by Crippen LogP contribution is -2.40. The molecule has 34 heavy (non-hydrogen) atoms. The Hall–Kier alpha value is -1.82. The van der Waals surface area contributed by atoms with Gasteiger partial charge < -0.3 is 5.11 Å². The largest absolute Gasteiger partial charge is 0.480 e. The molecule has 0 amide bonds. The van der Waals surface area contributed by atoms with Gasteiger partial charge in [-0.25, -0.2) is 4.79 Å². The number of hydrogen-bond donors (Lipinski definition) is 4. The molecule has 0 aliphatic heterocycles. The lowest BCUT2D eigenvalue weighted by Gasteiger charge is -2.42. The van der Waals surface area contributed by atoms with Crippen LogP contribution in [0.25, 0.3) is 0 Å². The lowest BCUT2D eigenvalue weighted by atomic mass is 9.65. The van der Waals surface area contributed by atoms with Crippen LogP contribution in [0.2, 0.25) is 0 Å². The Labute approximate surface area is 220 Å². The van der Waals surface area contributed by atoms with Gasteiger partial charge in [0.25, 0.3) is 0 Å². The smallest absolute Gasteiger partial charge is 0.329 e. The number of carbonyl (C=O) groups is 1. The van der Waals surface area contributed by atoms with Crippen LogP contribution in [0.1, 0.15) is 55.7 Å². The molecule has 2 atom stereocenters. The predicted molar refractivity (Wildman–Crippen MR) is 153 cm³/mol. The third-order valence-electron chi connectivity index (χ3n) is 6.80. The minimum absolute atomic E-state index is 0.0147. The summed E-state index contributed by atoms with van der Waals surface area (Å²) in [5.74, 6) is -0.584. The molecule has 2 nitrogen and oxygen atoms in total. The highest BCUT2D eigenvalue weighted by Crippen LogP contribution is 2.47. The Bertz CT molecular complexity index is 926. The van der Waals surface area contributed by atoms with E-state index in [1.165, 1.54) is 16.7 Å². The summed E-state index contributed by atoms with van der Waals surface area (Å²) in [6, 6.07) is 31.9. The van der Waals surface area contributed by atoms with E-state index in [0.717, 1.165) is 25.7 Å². The second kappa shape index (κ2) is 12.2. The van der Waals surface area contributed by atoms with Crippen molar-refractivity contribution in [2.75, 3.05) is 0 Å². The van der Waals surface area contributed by atoms with Crippen LogP contribution in [0.4, 0.5) is 0 Å². The van der Waals surface area contributed by atoms with E-state index < -0.39 is 15.5 Å². The highest BCUT2D eigenvalue weighted by molar-refractivity contribution is 8.01. The van der Waals surface area contributed by atoms with Crippen LogP contribution in [-0.4, -0.2) is 20.4 Å². The fraction of sp³-hybridized carbons (Fsp3) is 0.345. The first kappa shape index (κ1) is 26.8. The van der Waals surface area contributed by atoms with Gasteiger partial charge in [-0.2, -0.15) is 37.9 Å². The SMILES string of the molecule is CCC(CCCC(S)(S)C(=O)O)CC(S)C(c1ccccc1)(c1ccccc1)c1ccccc1. The third-order valence-corrected chi connectivity index (χ3v) is 8.23. The molecule has 3 aromatic carbocycles. The van der Waals surface area contributed by atoms with E-state index in [2.05, 4.69) is 123 Å². The maximum absolute atomic E-state index is 11.4.